The molecule has 0 bridgehead atoms. The van der Waals surface area contributed by atoms with E-state index >= 15 is 0 Å². The van der Waals surface area contributed by atoms with Crippen molar-refractivity contribution in [3.63, 3.8) is 0 Å². The second-order valence-corrected chi connectivity index (χ2v) is 4.32. The molecule has 1 N–H and O–H groups in total. The standard InChI is InChI=1S/C10H23NO/c1-9(2)6-7-12-10(3,4)8-11-5/h9,11H,6-8H2,1-5H3. The first-order valence-electron chi connectivity index (χ1n) is 4.76. The second kappa shape index (κ2) is 5.55. The SMILES string of the molecule is CNCC(C)(C)OCCC(C)C. The molecule has 0 saturated carbocycles. The van der Waals surface area contributed by atoms with Crippen LogP contribution in [0.5, 0.6) is 0 Å². The van der Waals surface area contributed by atoms with Crippen LogP contribution >= 0.6 is 0 Å². The van der Waals surface area contributed by atoms with Crippen LogP contribution in [0.25, 0.3) is 0 Å². The summed E-state index contributed by atoms with van der Waals surface area (Å²) in [4.78, 5) is 0. The molecule has 0 saturated heterocycles. The summed E-state index contributed by atoms with van der Waals surface area (Å²) in [5.74, 6) is 0.732. The fourth-order valence-electron chi connectivity index (χ4n) is 1.05. The van der Waals surface area contributed by atoms with Crippen molar-refractivity contribution in [3.05, 3.63) is 0 Å². The maximum atomic E-state index is 5.72. The van der Waals surface area contributed by atoms with Gasteiger partial charge in [0, 0.05) is 13.2 Å². The predicted molar refractivity (Wildman–Crippen MR) is 53.4 cm³/mol. The monoisotopic (exact) mass is 173 g/mol. The molecule has 0 aromatic rings. The predicted octanol–water partition coefficient (Wildman–Crippen LogP) is 2.05. The van der Waals surface area contributed by atoms with Gasteiger partial charge in [0.25, 0.3) is 0 Å². The quantitative estimate of drug-likeness (QED) is 0.663. The first-order chi connectivity index (χ1) is 5.48. The van der Waals surface area contributed by atoms with Gasteiger partial charge in [-0.2, -0.15) is 0 Å². The zero-order chi connectivity index (χ0) is 9.61. The number of hydrogen-bond donors (Lipinski definition) is 1. The molecule has 0 amide bonds. The maximum absolute atomic E-state index is 5.72. The minimum Gasteiger partial charge on any atom is -0.374 e. The maximum Gasteiger partial charge on any atom is 0.0750 e. The summed E-state index contributed by atoms with van der Waals surface area (Å²) >= 11 is 0. The average molecular weight is 173 g/mol. The second-order valence-electron chi connectivity index (χ2n) is 4.32. The van der Waals surface area contributed by atoms with Crippen LogP contribution < -0.4 is 5.32 Å². The van der Waals surface area contributed by atoms with Gasteiger partial charge in [0.05, 0.1) is 5.60 Å². The van der Waals surface area contributed by atoms with E-state index in [1.807, 2.05) is 7.05 Å². The van der Waals surface area contributed by atoms with Crippen molar-refractivity contribution >= 4 is 0 Å². The van der Waals surface area contributed by atoms with Gasteiger partial charge in [0.1, 0.15) is 0 Å². The fraction of sp³-hybridized carbons (Fsp3) is 1.00. The lowest BCUT2D eigenvalue weighted by atomic mass is 10.1. The summed E-state index contributed by atoms with van der Waals surface area (Å²) in [5, 5.41) is 3.12. The van der Waals surface area contributed by atoms with Crippen molar-refractivity contribution in [1.29, 1.82) is 0 Å². The molecule has 0 aliphatic carbocycles. The molecule has 0 fully saturated rings. The molecule has 0 aliphatic heterocycles. The Balaban J connectivity index is 3.46. The van der Waals surface area contributed by atoms with E-state index in [4.69, 9.17) is 4.74 Å². The van der Waals surface area contributed by atoms with Crippen LogP contribution in [0.3, 0.4) is 0 Å². The van der Waals surface area contributed by atoms with Gasteiger partial charge in [0.15, 0.2) is 0 Å². The Morgan fingerprint density at radius 2 is 1.92 bits per heavy atom. The largest absolute Gasteiger partial charge is 0.374 e. The molecule has 0 atom stereocenters. The van der Waals surface area contributed by atoms with Gasteiger partial charge in [-0.25, -0.2) is 0 Å². The molecule has 0 spiro atoms. The molecule has 0 radical (unpaired) electrons. The van der Waals surface area contributed by atoms with E-state index in [2.05, 4.69) is 33.0 Å². The number of nitrogens with one attached hydrogen (secondary N) is 1. The Bertz CT molecular complexity index is 110. The van der Waals surface area contributed by atoms with Crippen LogP contribution in [-0.4, -0.2) is 25.8 Å². The van der Waals surface area contributed by atoms with E-state index < -0.39 is 0 Å². The summed E-state index contributed by atoms with van der Waals surface area (Å²) in [6, 6.07) is 0. The third-order valence-corrected chi connectivity index (χ3v) is 1.79. The minimum atomic E-state index is -0.0242. The summed E-state index contributed by atoms with van der Waals surface area (Å²) in [5.41, 5.74) is -0.0242. The van der Waals surface area contributed by atoms with Crippen molar-refractivity contribution in [2.75, 3.05) is 20.2 Å². The summed E-state index contributed by atoms with van der Waals surface area (Å²) in [6.07, 6.45) is 1.15. The Labute approximate surface area is 76.7 Å². The molecule has 2 heteroatoms. The van der Waals surface area contributed by atoms with Gasteiger partial charge in [-0.05, 0) is 33.2 Å². The van der Waals surface area contributed by atoms with E-state index in [0.717, 1.165) is 25.5 Å². The first kappa shape index (κ1) is 11.9. The molecule has 0 aromatic heterocycles. The molecular weight excluding hydrogens is 150 g/mol. The van der Waals surface area contributed by atoms with Crippen LogP contribution in [0.2, 0.25) is 0 Å². The van der Waals surface area contributed by atoms with Crippen molar-refractivity contribution in [3.8, 4) is 0 Å². The molecule has 0 aliphatic rings. The Kier molecular flexibility index (Phi) is 5.51. The van der Waals surface area contributed by atoms with Crippen LogP contribution in [0.1, 0.15) is 34.1 Å². The molecule has 0 heterocycles. The first-order valence-corrected chi connectivity index (χ1v) is 4.76. The smallest absolute Gasteiger partial charge is 0.0750 e. The average Bonchev–Trinajstić information content (AvgIpc) is 1.85. The molecule has 12 heavy (non-hydrogen) atoms. The molecule has 2 nitrogen and oxygen atoms in total. The lowest BCUT2D eigenvalue weighted by Crippen LogP contribution is -2.36. The molecular formula is C10H23NO. The van der Waals surface area contributed by atoms with Gasteiger partial charge in [-0.1, -0.05) is 13.8 Å². The summed E-state index contributed by atoms with van der Waals surface area (Å²) in [6.45, 7) is 10.4. The summed E-state index contributed by atoms with van der Waals surface area (Å²) in [7, 11) is 1.95. The van der Waals surface area contributed by atoms with Gasteiger partial charge < -0.3 is 10.1 Å². The molecule has 0 rings (SSSR count). The van der Waals surface area contributed by atoms with Crippen molar-refractivity contribution in [2.45, 2.75) is 39.7 Å². The van der Waals surface area contributed by atoms with E-state index in [0.29, 0.717) is 0 Å². The van der Waals surface area contributed by atoms with Crippen molar-refractivity contribution in [2.24, 2.45) is 5.92 Å². The highest BCUT2D eigenvalue weighted by molar-refractivity contribution is 4.70. The van der Waals surface area contributed by atoms with E-state index in [9.17, 15) is 0 Å². The van der Waals surface area contributed by atoms with Crippen LogP contribution in [0.4, 0.5) is 0 Å². The van der Waals surface area contributed by atoms with E-state index in [1.54, 1.807) is 0 Å². The molecule has 0 unspecified atom stereocenters. The third kappa shape index (κ3) is 6.62. The molecule has 0 aromatic carbocycles. The topological polar surface area (TPSA) is 21.3 Å². The number of hydrogen-bond acceptors (Lipinski definition) is 2. The Morgan fingerprint density at radius 3 is 2.33 bits per heavy atom. The highest BCUT2D eigenvalue weighted by atomic mass is 16.5. The fourth-order valence-corrected chi connectivity index (χ4v) is 1.05. The summed E-state index contributed by atoms with van der Waals surface area (Å²) < 4.78 is 5.72. The van der Waals surface area contributed by atoms with Crippen molar-refractivity contribution in [1.82, 2.24) is 5.32 Å². The normalized spacial score (nSPS) is 12.5. The minimum absolute atomic E-state index is 0.0242. The van der Waals surface area contributed by atoms with Gasteiger partial charge in [-0.3, -0.25) is 0 Å². The number of ether oxygens (including phenoxy) is 1. The van der Waals surface area contributed by atoms with E-state index in [-0.39, 0.29) is 5.60 Å². The van der Waals surface area contributed by atoms with Crippen LogP contribution in [0.15, 0.2) is 0 Å². The Hall–Kier alpha value is -0.0800. The highest BCUT2D eigenvalue weighted by Gasteiger charge is 2.16. The number of rotatable bonds is 6. The van der Waals surface area contributed by atoms with Crippen molar-refractivity contribution < 1.29 is 4.74 Å². The van der Waals surface area contributed by atoms with E-state index in [1.165, 1.54) is 0 Å². The highest BCUT2D eigenvalue weighted by Crippen LogP contribution is 2.09. The lowest BCUT2D eigenvalue weighted by molar-refractivity contribution is -0.0196. The third-order valence-electron chi connectivity index (χ3n) is 1.79. The van der Waals surface area contributed by atoms with Crippen LogP contribution in [0, 0.1) is 5.92 Å². The van der Waals surface area contributed by atoms with Gasteiger partial charge >= 0.3 is 0 Å². The number of likely N-dealkylation sites (N-methyl/N-ethyl adjacent to an activating group) is 1. The Morgan fingerprint density at radius 1 is 1.33 bits per heavy atom. The lowest BCUT2D eigenvalue weighted by Gasteiger charge is -2.25. The van der Waals surface area contributed by atoms with Gasteiger partial charge in [0.2, 0.25) is 0 Å². The van der Waals surface area contributed by atoms with Gasteiger partial charge in [-0.15, -0.1) is 0 Å². The molecule has 74 valence electrons. The van der Waals surface area contributed by atoms with Crippen LogP contribution in [-0.2, 0) is 4.74 Å². The zero-order valence-corrected chi connectivity index (χ0v) is 9.11. The zero-order valence-electron chi connectivity index (χ0n) is 9.11.